The van der Waals surface area contributed by atoms with Gasteiger partial charge in [-0.2, -0.15) is 4.31 Å². The highest BCUT2D eigenvalue weighted by Gasteiger charge is 2.32. The summed E-state index contributed by atoms with van der Waals surface area (Å²) in [7, 11) is -3.48. The number of hydrogen-bond donors (Lipinski definition) is 1. The molecule has 0 unspecified atom stereocenters. The molecule has 7 nitrogen and oxygen atoms in total. The Bertz CT molecular complexity index is 1190. The van der Waals surface area contributed by atoms with Crippen molar-refractivity contribution in [2.24, 2.45) is 0 Å². The molecule has 0 radical (unpaired) electrons. The highest BCUT2D eigenvalue weighted by molar-refractivity contribution is 7.88. The predicted molar refractivity (Wildman–Crippen MR) is 133 cm³/mol. The second kappa shape index (κ2) is 10.9. The van der Waals surface area contributed by atoms with E-state index in [2.05, 4.69) is 5.32 Å². The number of carbonyl (C=O) groups excluding carboxylic acids is 2. The lowest BCUT2D eigenvalue weighted by molar-refractivity contribution is -0.134. The molecule has 1 N–H and O–H groups in total. The van der Waals surface area contributed by atoms with Crippen molar-refractivity contribution in [2.45, 2.75) is 18.2 Å². The van der Waals surface area contributed by atoms with Crippen molar-refractivity contribution in [3.8, 4) is 0 Å². The summed E-state index contributed by atoms with van der Waals surface area (Å²) >= 11 is 1.32. The third-order valence-corrected chi connectivity index (χ3v) is 8.49. The largest absolute Gasteiger partial charge is 0.339 e. The van der Waals surface area contributed by atoms with E-state index in [4.69, 9.17) is 0 Å². The second-order valence-corrected chi connectivity index (χ2v) is 11.1. The molecule has 3 aromatic rings. The molecule has 1 saturated heterocycles. The Balaban J connectivity index is 1.42. The van der Waals surface area contributed by atoms with Crippen LogP contribution in [0.2, 0.25) is 0 Å². The van der Waals surface area contributed by atoms with Crippen LogP contribution >= 0.6 is 11.3 Å². The van der Waals surface area contributed by atoms with Gasteiger partial charge in [0.25, 0.3) is 5.91 Å². The van der Waals surface area contributed by atoms with Crippen LogP contribution in [0.15, 0.2) is 78.2 Å². The Kier molecular flexibility index (Phi) is 7.77. The topological polar surface area (TPSA) is 86.8 Å². The van der Waals surface area contributed by atoms with Crippen molar-refractivity contribution in [1.82, 2.24) is 14.5 Å². The van der Waals surface area contributed by atoms with Crippen molar-refractivity contribution >= 4 is 33.2 Å². The number of hydrogen-bond acceptors (Lipinski definition) is 5. The van der Waals surface area contributed by atoms with Gasteiger partial charge in [-0.15, -0.1) is 11.3 Å². The number of rotatable bonds is 8. The van der Waals surface area contributed by atoms with Crippen LogP contribution in [0.5, 0.6) is 0 Å². The minimum Gasteiger partial charge on any atom is -0.339 e. The zero-order valence-electron chi connectivity index (χ0n) is 18.7. The van der Waals surface area contributed by atoms with Crippen LogP contribution in [-0.2, 0) is 27.0 Å². The Labute approximate surface area is 204 Å². The maximum absolute atomic E-state index is 13.4. The smallest absolute Gasteiger partial charge is 0.262 e. The van der Waals surface area contributed by atoms with E-state index < -0.39 is 16.1 Å². The summed E-state index contributed by atoms with van der Waals surface area (Å²) in [5.41, 5.74) is 1.68. The normalized spacial score (nSPS) is 15.6. The predicted octanol–water partition coefficient (Wildman–Crippen LogP) is 2.76. The monoisotopic (exact) mass is 497 g/mol. The van der Waals surface area contributed by atoms with Gasteiger partial charge in [0, 0.05) is 32.6 Å². The quantitative estimate of drug-likeness (QED) is 0.519. The van der Waals surface area contributed by atoms with Gasteiger partial charge in [-0.05, 0) is 22.6 Å². The van der Waals surface area contributed by atoms with Crippen LogP contribution < -0.4 is 5.32 Å². The molecule has 2 aromatic carbocycles. The van der Waals surface area contributed by atoms with Gasteiger partial charge in [-0.3, -0.25) is 9.59 Å². The Morgan fingerprint density at radius 3 is 2.06 bits per heavy atom. The fourth-order valence-electron chi connectivity index (χ4n) is 3.97. The van der Waals surface area contributed by atoms with E-state index >= 15 is 0 Å². The lowest BCUT2D eigenvalue weighted by Gasteiger charge is -2.36. The molecule has 0 bridgehead atoms. The number of nitrogens with zero attached hydrogens (tertiary/aromatic N) is 2. The number of thiophene rings is 1. The van der Waals surface area contributed by atoms with E-state index in [1.165, 1.54) is 15.6 Å². The SMILES string of the molecule is O=C(N[C@H](Cc1ccccc1)C(=O)N1CCN(S(=O)(=O)Cc2ccccc2)CC1)c1cccs1. The Morgan fingerprint density at radius 2 is 1.47 bits per heavy atom. The Morgan fingerprint density at radius 1 is 0.853 bits per heavy atom. The maximum atomic E-state index is 13.4. The summed E-state index contributed by atoms with van der Waals surface area (Å²) in [6, 6.07) is 21.4. The van der Waals surface area contributed by atoms with Gasteiger partial charge in [0.2, 0.25) is 15.9 Å². The van der Waals surface area contributed by atoms with E-state index in [9.17, 15) is 18.0 Å². The molecule has 1 aromatic heterocycles. The molecule has 2 heterocycles. The molecule has 0 spiro atoms. The first-order valence-electron chi connectivity index (χ1n) is 11.1. The zero-order valence-corrected chi connectivity index (χ0v) is 20.3. The molecule has 1 atom stereocenters. The summed E-state index contributed by atoms with van der Waals surface area (Å²) in [4.78, 5) is 28.3. The van der Waals surface area contributed by atoms with E-state index in [0.29, 0.717) is 11.3 Å². The number of amides is 2. The fraction of sp³-hybridized carbons (Fsp3) is 0.280. The lowest BCUT2D eigenvalue weighted by atomic mass is 10.0. The number of benzene rings is 2. The Hall–Kier alpha value is -3.01. The van der Waals surface area contributed by atoms with Crippen LogP contribution in [0.4, 0.5) is 0 Å². The van der Waals surface area contributed by atoms with Gasteiger partial charge in [-0.1, -0.05) is 66.7 Å². The summed E-state index contributed by atoms with van der Waals surface area (Å²) in [6.45, 7) is 1.04. The molecule has 0 aliphatic carbocycles. The molecule has 0 saturated carbocycles. The minimum absolute atomic E-state index is 0.0602. The van der Waals surface area contributed by atoms with Gasteiger partial charge in [0.05, 0.1) is 10.6 Å². The first-order valence-corrected chi connectivity index (χ1v) is 13.6. The lowest BCUT2D eigenvalue weighted by Crippen LogP contribution is -2.56. The van der Waals surface area contributed by atoms with Crippen molar-refractivity contribution in [3.63, 3.8) is 0 Å². The van der Waals surface area contributed by atoms with Gasteiger partial charge in [0.1, 0.15) is 6.04 Å². The molecule has 4 rings (SSSR count). The van der Waals surface area contributed by atoms with E-state index in [-0.39, 0.29) is 43.7 Å². The van der Waals surface area contributed by atoms with Crippen LogP contribution in [-0.4, -0.2) is 61.7 Å². The standard InChI is InChI=1S/C25H27N3O4S2/c29-24(23-12-7-17-33-23)26-22(18-20-8-3-1-4-9-20)25(30)27-13-15-28(16-14-27)34(31,32)19-21-10-5-2-6-11-21/h1-12,17,22H,13-16,18-19H2,(H,26,29)/t22-/m1/s1. The molecule has 34 heavy (non-hydrogen) atoms. The average Bonchev–Trinajstić information content (AvgIpc) is 3.40. The van der Waals surface area contributed by atoms with Gasteiger partial charge in [0.15, 0.2) is 0 Å². The summed E-state index contributed by atoms with van der Waals surface area (Å²) in [6.07, 6.45) is 0.364. The van der Waals surface area contributed by atoms with E-state index in [1.54, 1.807) is 29.2 Å². The summed E-state index contributed by atoms with van der Waals surface area (Å²) in [5.74, 6) is -0.544. The third-order valence-electron chi connectivity index (χ3n) is 5.77. The fourth-order valence-corrected chi connectivity index (χ4v) is 6.11. The highest BCUT2D eigenvalue weighted by atomic mass is 32.2. The molecule has 178 valence electrons. The van der Waals surface area contributed by atoms with Crippen LogP contribution in [0.3, 0.4) is 0 Å². The minimum atomic E-state index is -3.48. The van der Waals surface area contributed by atoms with Crippen molar-refractivity contribution in [2.75, 3.05) is 26.2 Å². The summed E-state index contributed by atoms with van der Waals surface area (Å²) in [5, 5.41) is 4.71. The molecule has 1 aliphatic rings. The average molecular weight is 498 g/mol. The molecular formula is C25H27N3O4S2. The molecule has 2 amide bonds. The first kappa shape index (κ1) is 24.1. The van der Waals surface area contributed by atoms with E-state index in [0.717, 1.165) is 11.1 Å². The van der Waals surface area contributed by atoms with Crippen molar-refractivity contribution < 1.29 is 18.0 Å². The molecule has 9 heteroatoms. The molecule has 1 fully saturated rings. The maximum Gasteiger partial charge on any atom is 0.262 e. The van der Waals surface area contributed by atoms with Crippen LogP contribution in [0.1, 0.15) is 20.8 Å². The van der Waals surface area contributed by atoms with Crippen molar-refractivity contribution in [1.29, 1.82) is 0 Å². The van der Waals surface area contributed by atoms with Gasteiger partial charge < -0.3 is 10.2 Å². The zero-order chi connectivity index (χ0) is 24.0. The van der Waals surface area contributed by atoms with Gasteiger partial charge >= 0.3 is 0 Å². The number of carbonyl (C=O) groups is 2. The highest BCUT2D eigenvalue weighted by Crippen LogP contribution is 2.16. The van der Waals surface area contributed by atoms with E-state index in [1.807, 2.05) is 53.9 Å². The first-order chi connectivity index (χ1) is 16.4. The van der Waals surface area contributed by atoms with Crippen LogP contribution in [0, 0.1) is 0 Å². The van der Waals surface area contributed by atoms with Crippen molar-refractivity contribution in [3.05, 3.63) is 94.2 Å². The number of piperazine rings is 1. The second-order valence-electron chi connectivity index (χ2n) is 8.16. The molecule has 1 aliphatic heterocycles. The van der Waals surface area contributed by atoms with Gasteiger partial charge in [-0.25, -0.2) is 8.42 Å². The number of sulfonamides is 1. The van der Waals surface area contributed by atoms with Crippen LogP contribution in [0.25, 0.3) is 0 Å². The summed E-state index contributed by atoms with van der Waals surface area (Å²) < 4.78 is 27.1. The third kappa shape index (κ3) is 6.11. The number of nitrogens with one attached hydrogen (secondary N) is 1. The molecular weight excluding hydrogens is 470 g/mol.